The van der Waals surface area contributed by atoms with Gasteiger partial charge >= 0.3 is 6.03 Å². The molecular weight excluding hydrogens is 282 g/mol. The second-order valence-electron chi connectivity index (χ2n) is 4.81. The van der Waals surface area contributed by atoms with Crippen LogP contribution in [-0.2, 0) is 11.3 Å². The summed E-state index contributed by atoms with van der Waals surface area (Å²) >= 11 is 0. The summed E-state index contributed by atoms with van der Waals surface area (Å²) in [4.78, 5) is 23.3. The molecule has 0 saturated carbocycles. The van der Waals surface area contributed by atoms with Gasteiger partial charge in [-0.05, 0) is 17.7 Å². The Morgan fingerprint density at radius 3 is 2.77 bits per heavy atom. The molecule has 1 aliphatic rings. The van der Waals surface area contributed by atoms with Crippen LogP contribution in [0.25, 0.3) is 0 Å². The van der Waals surface area contributed by atoms with Gasteiger partial charge in [0.1, 0.15) is 0 Å². The summed E-state index contributed by atoms with van der Waals surface area (Å²) in [6.07, 6.45) is 0. The third-order valence-corrected chi connectivity index (χ3v) is 3.18. The van der Waals surface area contributed by atoms with Crippen molar-refractivity contribution < 1.29 is 14.3 Å². The molecule has 0 aromatic heterocycles. The number of rotatable bonds is 3. The van der Waals surface area contributed by atoms with Crippen molar-refractivity contribution >= 4 is 23.3 Å². The lowest BCUT2D eigenvalue weighted by molar-refractivity contribution is -0.118. The first-order valence-electron chi connectivity index (χ1n) is 6.87. The number of carbonyl (C=O) groups is 2. The van der Waals surface area contributed by atoms with Crippen molar-refractivity contribution in [3.8, 4) is 5.75 Å². The summed E-state index contributed by atoms with van der Waals surface area (Å²) in [6.45, 7) is 0.372. The molecule has 0 atom stereocenters. The predicted octanol–water partition coefficient (Wildman–Crippen LogP) is 2.34. The topological polar surface area (TPSA) is 79.5 Å². The van der Waals surface area contributed by atoms with E-state index in [1.807, 2.05) is 30.3 Å². The lowest BCUT2D eigenvalue weighted by Gasteiger charge is -2.20. The molecule has 0 saturated heterocycles. The Morgan fingerprint density at radius 1 is 1.14 bits per heavy atom. The zero-order valence-corrected chi connectivity index (χ0v) is 11.8. The number of para-hydroxylation sites is 1. The van der Waals surface area contributed by atoms with Crippen molar-refractivity contribution in [1.82, 2.24) is 5.32 Å². The van der Waals surface area contributed by atoms with E-state index < -0.39 is 0 Å². The average Bonchev–Trinajstić information content (AvgIpc) is 2.54. The Labute approximate surface area is 127 Å². The highest BCUT2D eigenvalue weighted by Crippen LogP contribution is 2.35. The molecule has 0 spiro atoms. The van der Waals surface area contributed by atoms with Gasteiger partial charge in [-0.1, -0.05) is 36.4 Å². The zero-order chi connectivity index (χ0) is 15.4. The van der Waals surface area contributed by atoms with Crippen molar-refractivity contribution in [2.75, 3.05) is 17.2 Å². The van der Waals surface area contributed by atoms with Gasteiger partial charge in [-0.25, -0.2) is 4.79 Å². The van der Waals surface area contributed by atoms with Crippen molar-refractivity contribution in [2.24, 2.45) is 0 Å². The minimum absolute atomic E-state index is 0.0582. The van der Waals surface area contributed by atoms with E-state index in [-0.39, 0.29) is 18.5 Å². The summed E-state index contributed by atoms with van der Waals surface area (Å²) < 4.78 is 5.38. The first-order chi connectivity index (χ1) is 10.7. The monoisotopic (exact) mass is 297 g/mol. The molecule has 2 aromatic carbocycles. The van der Waals surface area contributed by atoms with Gasteiger partial charge in [0.15, 0.2) is 12.4 Å². The standard InChI is InChI=1S/C16H15N3O3/c20-14-10-22-15-12(18-14)7-4-8-13(15)19-16(21)17-9-11-5-2-1-3-6-11/h1-8H,9-10H2,(H,18,20)(H2,17,19,21). The second kappa shape index (κ2) is 6.17. The maximum Gasteiger partial charge on any atom is 0.319 e. The van der Waals surface area contributed by atoms with Gasteiger partial charge in [0.2, 0.25) is 0 Å². The van der Waals surface area contributed by atoms with Crippen LogP contribution in [0.1, 0.15) is 5.56 Å². The number of nitrogens with one attached hydrogen (secondary N) is 3. The Hall–Kier alpha value is -3.02. The second-order valence-corrected chi connectivity index (χ2v) is 4.81. The number of benzene rings is 2. The van der Waals surface area contributed by atoms with Crippen LogP contribution < -0.4 is 20.7 Å². The molecule has 3 amide bonds. The van der Waals surface area contributed by atoms with Gasteiger partial charge in [-0.3, -0.25) is 4.79 Å². The number of urea groups is 1. The molecule has 0 bridgehead atoms. The molecule has 2 aromatic rings. The smallest absolute Gasteiger partial charge is 0.319 e. The minimum atomic E-state index is -0.335. The number of ether oxygens (including phenoxy) is 1. The van der Waals surface area contributed by atoms with E-state index in [0.29, 0.717) is 23.7 Å². The summed E-state index contributed by atoms with van der Waals surface area (Å²) in [5.41, 5.74) is 2.08. The lowest BCUT2D eigenvalue weighted by atomic mass is 10.2. The van der Waals surface area contributed by atoms with Crippen LogP contribution >= 0.6 is 0 Å². The van der Waals surface area contributed by atoms with Gasteiger partial charge < -0.3 is 20.7 Å². The highest BCUT2D eigenvalue weighted by Gasteiger charge is 2.19. The molecule has 0 fully saturated rings. The summed E-state index contributed by atoms with van der Waals surface area (Å²) in [5, 5.41) is 8.19. The van der Waals surface area contributed by atoms with Gasteiger partial charge in [-0.2, -0.15) is 0 Å². The number of anilines is 2. The van der Waals surface area contributed by atoms with Crippen molar-refractivity contribution in [1.29, 1.82) is 0 Å². The van der Waals surface area contributed by atoms with Gasteiger partial charge in [-0.15, -0.1) is 0 Å². The molecule has 22 heavy (non-hydrogen) atoms. The van der Waals surface area contributed by atoms with Crippen LogP contribution in [-0.4, -0.2) is 18.5 Å². The molecule has 6 heteroatoms. The highest BCUT2D eigenvalue weighted by molar-refractivity contribution is 5.99. The highest BCUT2D eigenvalue weighted by atomic mass is 16.5. The number of hydrogen-bond donors (Lipinski definition) is 3. The van der Waals surface area contributed by atoms with E-state index in [4.69, 9.17) is 4.74 Å². The first kappa shape index (κ1) is 13.9. The SMILES string of the molecule is O=C1COc2c(cccc2NC(=O)NCc2ccccc2)N1. The van der Waals surface area contributed by atoms with Crippen LogP contribution in [0.15, 0.2) is 48.5 Å². The summed E-state index contributed by atoms with van der Waals surface area (Å²) in [5.74, 6) is 0.259. The van der Waals surface area contributed by atoms with Gasteiger partial charge in [0, 0.05) is 6.54 Å². The van der Waals surface area contributed by atoms with E-state index in [1.165, 1.54) is 0 Å². The fraction of sp³-hybridized carbons (Fsp3) is 0.125. The zero-order valence-electron chi connectivity index (χ0n) is 11.8. The van der Waals surface area contributed by atoms with E-state index in [9.17, 15) is 9.59 Å². The quantitative estimate of drug-likeness (QED) is 0.813. The van der Waals surface area contributed by atoms with Crippen LogP contribution in [0.2, 0.25) is 0 Å². The number of fused-ring (bicyclic) bond motifs is 1. The number of amides is 3. The largest absolute Gasteiger partial charge is 0.479 e. The van der Waals surface area contributed by atoms with Crippen LogP contribution in [0.4, 0.5) is 16.2 Å². The fourth-order valence-electron chi connectivity index (χ4n) is 2.16. The predicted molar refractivity (Wildman–Crippen MR) is 82.9 cm³/mol. The van der Waals surface area contributed by atoms with Crippen molar-refractivity contribution in [3.05, 3.63) is 54.1 Å². The van der Waals surface area contributed by atoms with Crippen LogP contribution in [0.5, 0.6) is 5.75 Å². The van der Waals surface area contributed by atoms with Gasteiger partial charge in [0.25, 0.3) is 5.91 Å². The molecule has 6 nitrogen and oxygen atoms in total. The van der Waals surface area contributed by atoms with Crippen LogP contribution in [0.3, 0.4) is 0 Å². The molecule has 1 aliphatic heterocycles. The molecule has 1 heterocycles. The summed E-state index contributed by atoms with van der Waals surface area (Å²) in [7, 11) is 0. The Balaban J connectivity index is 1.65. The third-order valence-electron chi connectivity index (χ3n) is 3.18. The van der Waals surface area contributed by atoms with Crippen LogP contribution in [0, 0.1) is 0 Å². The molecule has 3 N–H and O–H groups in total. The first-order valence-corrected chi connectivity index (χ1v) is 6.87. The van der Waals surface area contributed by atoms with E-state index >= 15 is 0 Å². The van der Waals surface area contributed by atoms with Crippen molar-refractivity contribution in [3.63, 3.8) is 0 Å². The average molecular weight is 297 g/mol. The molecule has 0 aliphatic carbocycles. The Kier molecular flexibility index (Phi) is 3.91. The van der Waals surface area contributed by atoms with Gasteiger partial charge in [0.05, 0.1) is 11.4 Å². The van der Waals surface area contributed by atoms with E-state index in [0.717, 1.165) is 5.56 Å². The van der Waals surface area contributed by atoms with E-state index in [1.54, 1.807) is 18.2 Å². The Morgan fingerprint density at radius 2 is 1.95 bits per heavy atom. The fourth-order valence-corrected chi connectivity index (χ4v) is 2.16. The number of hydrogen-bond acceptors (Lipinski definition) is 3. The summed E-state index contributed by atoms with van der Waals surface area (Å²) in [6, 6.07) is 14.5. The molecule has 0 unspecified atom stereocenters. The van der Waals surface area contributed by atoms with Crippen molar-refractivity contribution in [2.45, 2.75) is 6.54 Å². The number of carbonyl (C=O) groups excluding carboxylic acids is 2. The normalized spacial score (nSPS) is 12.6. The Bertz CT molecular complexity index is 701. The van der Waals surface area contributed by atoms with E-state index in [2.05, 4.69) is 16.0 Å². The molecule has 0 radical (unpaired) electrons. The molecule has 112 valence electrons. The maximum absolute atomic E-state index is 12.0. The molecular formula is C16H15N3O3. The molecule has 3 rings (SSSR count). The third kappa shape index (κ3) is 3.17. The maximum atomic E-state index is 12.0. The lowest BCUT2D eigenvalue weighted by Crippen LogP contribution is -2.30. The minimum Gasteiger partial charge on any atom is -0.479 e.